The maximum Gasteiger partial charge on any atom is 0.243 e. The first-order valence-electron chi connectivity index (χ1n) is 8.04. The average Bonchev–Trinajstić information content (AvgIpc) is 3.14. The molecule has 1 aliphatic carbocycles. The van der Waals surface area contributed by atoms with Crippen LogP contribution in [-0.2, 0) is 24.1 Å². The van der Waals surface area contributed by atoms with Gasteiger partial charge in [0.1, 0.15) is 0 Å². The van der Waals surface area contributed by atoms with Crippen molar-refractivity contribution in [1.82, 2.24) is 0 Å². The average molecular weight is 292 g/mol. The predicted octanol–water partition coefficient (Wildman–Crippen LogP) is 3.18. The van der Waals surface area contributed by atoms with Crippen molar-refractivity contribution in [2.75, 3.05) is 23.3 Å². The second kappa shape index (κ2) is 5.48. The molecule has 1 aliphatic heterocycles. The van der Waals surface area contributed by atoms with Gasteiger partial charge in [-0.2, -0.15) is 0 Å². The van der Waals surface area contributed by atoms with Crippen molar-refractivity contribution in [3.63, 3.8) is 0 Å². The molecule has 3 heteroatoms. The predicted molar refractivity (Wildman–Crippen MR) is 89.5 cm³/mol. The summed E-state index contributed by atoms with van der Waals surface area (Å²) in [5.41, 5.74) is 6.30. The van der Waals surface area contributed by atoms with E-state index in [1.54, 1.807) is 0 Å². The highest BCUT2D eigenvalue weighted by molar-refractivity contribution is 5.94. The van der Waals surface area contributed by atoms with Crippen molar-refractivity contribution < 1.29 is 4.79 Å². The van der Waals surface area contributed by atoms with Crippen LogP contribution in [0.1, 0.15) is 23.1 Å². The van der Waals surface area contributed by atoms with Gasteiger partial charge >= 0.3 is 0 Å². The van der Waals surface area contributed by atoms with Gasteiger partial charge in [0, 0.05) is 17.9 Å². The number of nitrogens with one attached hydrogen (secondary N) is 1. The van der Waals surface area contributed by atoms with E-state index in [0.717, 1.165) is 25.1 Å². The first kappa shape index (κ1) is 13.4. The number of carbonyl (C=O) groups excluding carboxylic acids is 1. The fourth-order valence-corrected chi connectivity index (χ4v) is 3.59. The zero-order valence-electron chi connectivity index (χ0n) is 12.6. The van der Waals surface area contributed by atoms with Crippen LogP contribution in [0.15, 0.2) is 42.5 Å². The number of carbonyl (C=O) groups is 1. The maximum atomic E-state index is 12.3. The molecule has 22 heavy (non-hydrogen) atoms. The molecule has 112 valence electrons. The quantitative estimate of drug-likeness (QED) is 0.942. The molecule has 0 atom stereocenters. The van der Waals surface area contributed by atoms with Crippen LogP contribution >= 0.6 is 0 Å². The summed E-state index contributed by atoms with van der Waals surface area (Å²) in [6, 6.07) is 14.7. The summed E-state index contributed by atoms with van der Waals surface area (Å²) in [6.07, 6.45) is 4.58. The first-order chi connectivity index (χ1) is 10.8. The Kier molecular flexibility index (Phi) is 3.34. The van der Waals surface area contributed by atoms with Crippen LogP contribution in [0.3, 0.4) is 0 Å². The molecule has 0 fully saturated rings. The molecule has 0 saturated heterocycles. The third kappa shape index (κ3) is 2.47. The van der Waals surface area contributed by atoms with Gasteiger partial charge in [-0.1, -0.05) is 24.3 Å². The van der Waals surface area contributed by atoms with Crippen LogP contribution in [0.25, 0.3) is 0 Å². The van der Waals surface area contributed by atoms with E-state index in [2.05, 4.69) is 40.5 Å². The van der Waals surface area contributed by atoms with Crippen LogP contribution in [0, 0.1) is 0 Å². The summed E-state index contributed by atoms with van der Waals surface area (Å²) < 4.78 is 0. The zero-order chi connectivity index (χ0) is 14.9. The van der Waals surface area contributed by atoms with E-state index < -0.39 is 0 Å². The Labute approximate surface area is 131 Å². The van der Waals surface area contributed by atoms with E-state index >= 15 is 0 Å². The topological polar surface area (TPSA) is 32.3 Å². The highest BCUT2D eigenvalue weighted by Gasteiger charge is 2.20. The molecule has 0 spiro atoms. The van der Waals surface area contributed by atoms with E-state index in [1.807, 2.05) is 12.1 Å². The second-order valence-corrected chi connectivity index (χ2v) is 6.19. The third-order valence-electron chi connectivity index (χ3n) is 4.70. The van der Waals surface area contributed by atoms with Crippen LogP contribution in [0.5, 0.6) is 0 Å². The van der Waals surface area contributed by atoms with E-state index in [0.29, 0.717) is 6.54 Å². The Hall–Kier alpha value is -2.29. The van der Waals surface area contributed by atoms with Gasteiger partial charge < -0.3 is 10.2 Å². The number of rotatable bonds is 3. The Balaban J connectivity index is 1.43. The second-order valence-electron chi connectivity index (χ2n) is 6.19. The van der Waals surface area contributed by atoms with Crippen molar-refractivity contribution in [1.29, 1.82) is 0 Å². The number of fused-ring (bicyclic) bond motifs is 2. The van der Waals surface area contributed by atoms with Crippen molar-refractivity contribution in [3.05, 3.63) is 59.2 Å². The first-order valence-corrected chi connectivity index (χ1v) is 8.04. The number of aryl methyl sites for hydroxylation is 2. The van der Waals surface area contributed by atoms with Gasteiger partial charge in [-0.05, 0) is 60.6 Å². The largest absolute Gasteiger partial charge is 0.362 e. The lowest BCUT2D eigenvalue weighted by Crippen LogP contribution is -2.31. The minimum atomic E-state index is 0.0645. The van der Waals surface area contributed by atoms with Crippen LogP contribution in [-0.4, -0.2) is 19.0 Å². The zero-order valence-corrected chi connectivity index (χ0v) is 12.6. The molecule has 1 amide bonds. The molecule has 2 aromatic carbocycles. The van der Waals surface area contributed by atoms with Gasteiger partial charge in [0.15, 0.2) is 0 Å². The molecule has 4 rings (SSSR count). The summed E-state index contributed by atoms with van der Waals surface area (Å²) in [5, 5.41) is 3.05. The minimum absolute atomic E-state index is 0.0645. The molecule has 0 radical (unpaired) electrons. The number of para-hydroxylation sites is 1. The molecular formula is C19H20N2O. The standard InChI is InChI=1S/C19H20N2O/c22-19(13-21-11-10-15-4-1-2-7-18(15)21)20-17-9-8-14-5-3-6-16(14)12-17/h1-2,4,7-9,12H,3,5-6,10-11,13H2,(H,20,22). The van der Waals surface area contributed by atoms with Crippen LogP contribution in [0.4, 0.5) is 11.4 Å². The monoisotopic (exact) mass is 292 g/mol. The fraction of sp³-hybridized carbons (Fsp3) is 0.316. The molecule has 2 aromatic rings. The van der Waals surface area contributed by atoms with E-state index in [-0.39, 0.29) is 5.91 Å². The Morgan fingerprint density at radius 1 is 1.00 bits per heavy atom. The lowest BCUT2D eigenvalue weighted by molar-refractivity contribution is -0.115. The van der Waals surface area contributed by atoms with Crippen LogP contribution < -0.4 is 10.2 Å². The maximum absolute atomic E-state index is 12.3. The Morgan fingerprint density at radius 3 is 2.82 bits per heavy atom. The number of benzene rings is 2. The van der Waals surface area contributed by atoms with Gasteiger partial charge in [0.25, 0.3) is 0 Å². The molecule has 3 nitrogen and oxygen atoms in total. The SMILES string of the molecule is O=C(CN1CCc2ccccc21)Nc1ccc2c(c1)CCC2. The van der Waals surface area contributed by atoms with Gasteiger partial charge in [0.2, 0.25) is 5.91 Å². The molecule has 1 heterocycles. The summed E-state index contributed by atoms with van der Waals surface area (Å²) in [5.74, 6) is 0.0645. The van der Waals surface area contributed by atoms with Gasteiger partial charge in [-0.3, -0.25) is 4.79 Å². The minimum Gasteiger partial charge on any atom is -0.362 e. The normalized spacial score (nSPS) is 15.5. The number of hydrogen-bond donors (Lipinski definition) is 1. The highest BCUT2D eigenvalue weighted by atomic mass is 16.2. The smallest absolute Gasteiger partial charge is 0.243 e. The number of amides is 1. The van der Waals surface area contributed by atoms with Crippen molar-refractivity contribution in [2.24, 2.45) is 0 Å². The highest BCUT2D eigenvalue weighted by Crippen LogP contribution is 2.27. The fourth-order valence-electron chi connectivity index (χ4n) is 3.59. The lowest BCUT2D eigenvalue weighted by atomic mass is 10.1. The summed E-state index contributed by atoms with van der Waals surface area (Å²) >= 11 is 0. The summed E-state index contributed by atoms with van der Waals surface area (Å²) in [6.45, 7) is 1.35. The number of nitrogens with zero attached hydrogens (tertiary/aromatic N) is 1. The van der Waals surface area contributed by atoms with Gasteiger partial charge in [-0.15, -0.1) is 0 Å². The van der Waals surface area contributed by atoms with E-state index in [9.17, 15) is 4.79 Å². The Morgan fingerprint density at radius 2 is 1.86 bits per heavy atom. The third-order valence-corrected chi connectivity index (χ3v) is 4.70. The molecule has 0 bridgehead atoms. The van der Waals surface area contributed by atoms with Gasteiger partial charge in [0.05, 0.1) is 6.54 Å². The molecular weight excluding hydrogens is 272 g/mol. The molecule has 0 unspecified atom stereocenters. The van der Waals surface area contributed by atoms with Crippen molar-refractivity contribution in [2.45, 2.75) is 25.7 Å². The van der Waals surface area contributed by atoms with E-state index in [4.69, 9.17) is 0 Å². The molecule has 1 N–H and O–H groups in total. The lowest BCUT2D eigenvalue weighted by Gasteiger charge is -2.19. The van der Waals surface area contributed by atoms with Crippen LogP contribution in [0.2, 0.25) is 0 Å². The van der Waals surface area contributed by atoms with Gasteiger partial charge in [-0.25, -0.2) is 0 Å². The number of hydrogen-bond acceptors (Lipinski definition) is 2. The van der Waals surface area contributed by atoms with Crippen molar-refractivity contribution >= 4 is 17.3 Å². The van der Waals surface area contributed by atoms with E-state index in [1.165, 1.54) is 35.2 Å². The molecule has 2 aliphatic rings. The molecule has 0 aromatic heterocycles. The molecule has 0 saturated carbocycles. The number of anilines is 2. The van der Waals surface area contributed by atoms with Crippen molar-refractivity contribution in [3.8, 4) is 0 Å². The summed E-state index contributed by atoms with van der Waals surface area (Å²) in [7, 11) is 0. The Bertz CT molecular complexity index is 723. The summed E-state index contributed by atoms with van der Waals surface area (Å²) in [4.78, 5) is 14.5.